The van der Waals surface area contributed by atoms with E-state index in [0.29, 0.717) is 12.5 Å². The molecule has 1 aromatic carbocycles. The van der Waals surface area contributed by atoms with Gasteiger partial charge in [0, 0.05) is 10.9 Å². The van der Waals surface area contributed by atoms with Gasteiger partial charge in [-0.2, -0.15) is 0 Å². The van der Waals surface area contributed by atoms with E-state index in [1.807, 2.05) is 6.92 Å². The first-order valence-electron chi connectivity index (χ1n) is 7.63. The molecule has 2 nitrogen and oxygen atoms in total. The second kappa shape index (κ2) is 5.80. The van der Waals surface area contributed by atoms with Crippen LogP contribution in [0.5, 0.6) is 0 Å². The fourth-order valence-electron chi connectivity index (χ4n) is 2.80. The minimum Gasteiger partial charge on any atom is -0.459 e. The second-order valence-corrected chi connectivity index (χ2v) is 7.27. The Hall–Kier alpha value is -1.35. The molecule has 0 spiro atoms. The standard InChI is InChI=1S/C18H26FNO/c1-11(2)9-20-10-15-16(18(4,5)6)14-8-13(19)7-12(3)17(14)21-15/h7-8,11,20H,9-10H2,1-6H3. The van der Waals surface area contributed by atoms with E-state index in [9.17, 15) is 4.39 Å². The third-order valence-electron chi connectivity index (χ3n) is 3.60. The van der Waals surface area contributed by atoms with Crippen molar-refractivity contribution in [3.63, 3.8) is 0 Å². The summed E-state index contributed by atoms with van der Waals surface area (Å²) in [5.41, 5.74) is 2.69. The lowest BCUT2D eigenvalue weighted by Gasteiger charge is -2.19. The van der Waals surface area contributed by atoms with Crippen LogP contribution < -0.4 is 5.32 Å². The Kier molecular flexibility index (Phi) is 4.43. The molecule has 0 aliphatic heterocycles. The number of aryl methyl sites for hydroxylation is 1. The van der Waals surface area contributed by atoms with Crippen molar-refractivity contribution in [2.24, 2.45) is 5.92 Å². The molecule has 0 saturated heterocycles. The molecular formula is C18H26FNO. The summed E-state index contributed by atoms with van der Waals surface area (Å²) in [6, 6.07) is 3.13. The maximum absolute atomic E-state index is 13.8. The van der Waals surface area contributed by atoms with Gasteiger partial charge < -0.3 is 9.73 Å². The van der Waals surface area contributed by atoms with Crippen molar-refractivity contribution in [2.75, 3.05) is 6.54 Å². The molecule has 0 radical (unpaired) electrons. The van der Waals surface area contributed by atoms with Crippen molar-refractivity contribution in [1.82, 2.24) is 5.32 Å². The van der Waals surface area contributed by atoms with Gasteiger partial charge in [-0.25, -0.2) is 4.39 Å². The van der Waals surface area contributed by atoms with Crippen molar-refractivity contribution in [2.45, 2.75) is 53.5 Å². The van der Waals surface area contributed by atoms with Gasteiger partial charge in [0.25, 0.3) is 0 Å². The van der Waals surface area contributed by atoms with Gasteiger partial charge in [0.15, 0.2) is 0 Å². The number of hydrogen-bond acceptors (Lipinski definition) is 2. The van der Waals surface area contributed by atoms with E-state index in [4.69, 9.17) is 4.42 Å². The number of halogens is 1. The highest BCUT2D eigenvalue weighted by molar-refractivity contribution is 5.86. The highest BCUT2D eigenvalue weighted by Crippen LogP contribution is 2.37. The van der Waals surface area contributed by atoms with E-state index < -0.39 is 0 Å². The Balaban J connectivity index is 2.51. The van der Waals surface area contributed by atoms with Crippen LogP contribution in [-0.2, 0) is 12.0 Å². The summed E-state index contributed by atoms with van der Waals surface area (Å²) in [6.07, 6.45) is 0. The average Bonchev–Trinajstić information content (AvgIpc) is 2.66. The van der Waals surface area contributed by atoms with E-state index in [1.54, 1.807) is 6.07 Å². The van der Waals surface area contributed by atoms with E-state index >= 15 is 0 Å². The van der Waals surface area contributed by atoms with Crippen LogP contribution in [0.2, 0.25) is 0 Å². The molecule has 1 N–H and O–H groups in total. The SMILES string of the molecule is Cc1cc(F)cc2c(C(C)(C)C)c(CNCC(C)C)oc12. The summed E-state index contributed by atoms with van der Waals surface area (Å²) in [6.45, 7) is 14.3. The summed E-state index contributed by atoms with van der Waals surface area (Å²) in [5.74, 6) is 1.31. The van der Waals surface area contributed by atoms with Crippen molar-refractivity contribution < 1.29 is 8.81 Å². The average molecular weight is 291 g/mol. The first kappa shape index (κ1) is 16.0. The third-order valence-corrected chi connectivity index (χ3v) is 3.60. The summed E-state index contributed by atoms with van der Waals surface area (Å²) < 4.78 is 19.8. The summed E-state index contributed by atoms with van der Waals surface area (Å²) in [7, 11) is 0. The second-order valence-electron chi connectivity index (χ2n) is 7.27. The van der Waals surface area contributed by atoms with Crippen molar-refractivity contribution in [3.8, 4) is 0 Å². The van der Waals surface area contributed by atoms with E-state index in [-0.39, 0.29) is 11.2 Å². The fourth-order valence-corrected chi connectivity index (χ4v) is 2.80. The lowest BCUT2D eigenvalue weighted by molar-refractivity contribution is 0.464. The van der Waals surface area contributed by atoms with E-state index in [0.717, 1.165) is 34.4 Å². The quantitative estimate of drug-likeness (QED) is 0.864. The number of furan rings is 1. The molecule has 0 bridgehead atoms. The molecule has 0 saturated carbocycles. The molecule has 0 amide bonds. The Bertz CT molecular complexity index is 635. The predicted molar refractivity (Wildman–Crippen MR) is 86.2 cm³/mol. The number of fused-ring (bicyclic) bond motifs is 1. The molecule has 1 heterocycles. The van der Waals surface area contributed by atoms with Crippen LogP contribution >= 0.6 is 0 Å². The van der Waals surface area contributed by atoms with E-state index in [1.165, 1.54) is 6.07 Å². The Morgan fingerprint density at radius 1 is 1.24 bits per heavy atom. The molecule has 3 heteroatoms. The van der Waals surface area contributed by atoms with Crippen LogP contribution in [0.4, 0.5) is 4.39 Å². The molecule has 1 aromatic heterocycles. The normalized spacial score (nSPS) is 12.6. The molecular weight excluding hydrogens is 265 g/mol. The van der Waals surface area contributed by atoms with Crippen LogP contribution in [-0.4, -0.2) is 6.54 Å². The van der Waals surface area contributed by atoms with Crippen molar-refractivity contribution >= 4 is 11.0 Å². The zero-order chi connectivity index (χ0) is 15.8. The lowest BCUT2D eigenvalue weighted by atomic mass is 9.84. The lowest BCUT2D eigenvalue weighted by Crippen LogP contribution is -2.21. The van der Waals surface area contributed by atoms with E-state index in [2.05, 4.69) is 39.9 Å². The maximum Gasteiger partial charge on any atom is 0.137 e. The smallest absolute Gasteiger partial charge is 0.137 e. The molecule has 116 valence electrons. The Morgan fingerprint density at radius 3 is 2.48 bits per heavy atom. The van der Waals surface area contributed by atoms with Gasteiger partial charge in [0.1, 0.15) is 17.2 Å². The Labute approximate surface area is 126 Å². The van der Waals surface area contributed by atoms with Crippen molar-refractivity contribution in [1.29, 1.82) is 0 Å². The van der Waals surface area contributed by atoms with Gasteiger partial charge in [-0.1, -0.05) is 34.6 Å². The molecule has 0 aliphatic rings. The van der Waals surface area contributed by atoms with Crippen LogP contribution in [0.3, 0.4) is 0 Å². The Morgan fingerprint density at radius 2 is 1.90 bits per heavy atom. The van der Waals surface area contributed by atoms with Gasteiger partial charge in [-0.3, -0.25) is 0 Å². The highest BCUT2D eigenvalue weighted by Gasteiger charge is 2.26. The summed E-state index contributed by atoms with van der Waals surface area (Å²) in [4.78, 5) is 0. The van der Waals surface area contributed by atoms with Crippen LogP contribution in [0.25, 0.3) is 11.0 Å². The van der Waals surface area contributed by atoms with Crippen LogP contribution in [0, 0.1) is 18.7 Å². The fraction of sp³-hybridized carbons (Fsp3) is 0.556. The largest absolute Gasteiger partial charge is 0.459 e. The van der Waals surface area contributed by atoms with Gasteiger partial charge in [0.2, 0.25) is 0 Å². The zero-order valence-corrected chi connectivity index (χ0v) is 13.9. The number of rotatable bonds is 4. The van der Waals surface area contributed by atoms with Gasteiger partial charge >= 0.3 is 0 Å². The predicted octanol–water partition coefficient (Wildman–Crippen LogP) is 4.92. The molecule has 2 rings (SSSR count). The molecule has 21 heavy (non-hydrogen) atoms. The maximum atomic E-state index is 13.8. The molecule has 0 fully saturated rings. The van der Waals surface area contributed by atoms with Gasteiger partial charge in [-0.05, 0) is 42.5 Å². The van der Waals surface area contributed by atoms with Crippen LogP contribution in [0.15, 0.2) is 16.5 Å². The molecule has 0 atom stereocenters. The van der Waals surface area contributed by atoms with Crippen LogP contribution in [0.1, 0.15) is 51.5 Å². The van der Waals surface area contributed by atoms with Gasteiger partial charge in [0.05, 0.1) is 6.54 Å². The third kappa shape index (κ3) is 3.46. The zero-order valence-electron chi connectivity index (χ0n) is 13.9. The summed E-state index contributed by atoms with van der Waals surface area (Å²) >= 11 is 0. The van der Waals surface area contributed by atoms with Gasteiger partial charge in [-0.15, -0.1) is 0 Å². The molecule has 2 aromatic rings. The minimum absolute atomic E-state index is 0.0830. The van der Waals surface area contributed by atoms with Crippen molar-refractivity contribution in [3.05, 3.63) is 34.8 Å². The first-order valence-corrected chi connectivity index (χ1v) is 7.63. The first-order chi connectivity index (χ1) is 9.70. The minimum atomic E-state index is -0.201. The summed E-state index contributed by atoms with van der Waals surface area (Å²) in [5, 5.41) is 4.33. The number of hydrogen-bond donors (Lipinski definition) is 1. The molecule has 0 aliphatic carbocycles. The molecule has 0 unspecified atom stereocenters. The number of benzene rings is 1. The number of nitrogens with one attached hydrogen (secondary N) is 1. The topological polar surface area (TPSA) is 25.2 Å². The monoisotopic (exact) mass is 291 g/mol. The highest BCUT2D eigenvalue weighted by atomic mass is 19.1.